The lowest BCUT2D eigenvalue weighted by atomic mass is 9.85. The average molecular weight is 202 g/mol. The molecular weight excluding hydrogens is 184 g/mol. The van der Waals surface area contributed by atoms with Gasteiger partial charge in [0.1, 0.15) is 5.41 Å². The Morgan fingerprint density at radius 3 is 2.43 bits per heavy atom. The molecule has 0 aliphatic rings. The third-order valence-electron chi connectivity index (χ3n) is 2.21. The van der Waals surface area contributed by atoms with Crippen molar-refractivity contribution in [2.24, 2.45) is 16.3 Å². The fourth-order valence-electron chi connectivity index (χ4n) is 0.895. The molecule has 0 bridgehead atoms. The van der Waals surface area contributed by atoms with E-state index in [1.165, 1.54) is 5.01 Å². The van der Waals surface area contributed by atoms with Crippen LogP contribution >= 0.6 is 0 Å². The van der Waals surface area contributed by atoms with Crippen LogP contribution in [0.4, 0.5) is 0 Å². The second-order valence-corrected chi connectivity index (χ2v) is 3.51. The summed E-state index contributed by atoms with van der Waals surface area (Å²) in [6.45, 7) is 3.42. The van der Waals surface area contributed by atoms with Crippen LogP contribution in [0.3, 0.4) is 0 Å². The quantitative estimate of drug-likeness (QED) is 0.253. The Morgan fingerprint density at radius 2 is 2.14 bits per heavy atom. The molecule has 0 aromatic carbocycles. The van der Waals surface area contributed by atoms with Crippen LogP contribution in [0.5, 0.6) is 0 Å². The highest BCUT2D eigenvalue weighted by molar-refractivity contribution is 6.06. The second kappa shape index (κ2) is 4.80. The van der Waals surface area contributed by atoms with E-state index in [1.807, 2.05) is 0 Å². The summed E-state index contributed by atoms with van der Waals surface area (Å²) in [4.78, 5) is 11.7. The molecule has 0 rings (SSSR count). The maximum absolute atomic E-state index is 11.7. The Morgan fingerprint density at radius 1 is 1.64 bits per heavy atom. The highest BCUT2D eigenvalue weighted by atomic mass is 16.4. The molecule has 0 aliphatic carbocycles. The minimum Gasteiger partial charge on any atom is -0.409 e. The zero-order chi connectivity index (χ0) is 11.4. The van der Waals surface area contributed by atoms with Crippen LogP contribution < -0.4 is 11.2 Å². The van der Waals surface area contributed by atoms with Gasteiger partial charge in [0.05, 0.1) is 0 Å². The van der Waals surface area contributed by atoms with Crippen molar-refractivity contribution in [3.8, 4) is 0 Å². The van der Waals surface area contributed by atoms with Gasteiger partial charge >= 0.3 is 0 Å². The zero-order valence-electron chi connectivity index (χ0n) is 9.03. The second-order valence-electron chi connectivity index (χ2n) is 3.51. The summed E-state index contributed by atoms with van der Waals surface area (Å²) in [6.07, 6.45) is 0.461. The van der Waals surface area contributed by atoms with E-state index in [9.17, 15) is 4.79 Å². The minimum atomic E-state index is -0.973. The summed E-state index contributed by atoms with van der Waals surface area (Å²) >= 11 is 0. The first-order chi connectivity index (χ1) is 6.38. The molecule has 82 valence electrons. The van der Waals surface area contributed by atoms with Gasteiger partial charge in [-0.25, -0.2) is 5.01 Å². The van der Waals surface area contributed by atoms with Crippen LogP contribution in [-0.4, -0.2) is 36.1 Å². The molecule has 6 heteroatoms. The van der Waals surface area contributed by atoms with Gasteiger partial charge in [-0.15, -0.1) is 0 Å². The fourth-order valence-corrected chi connectivity index (χ4v) is 0.895. The lowest BCUT2D eigenvalue weighted by Gasteiger charge is -2.27. The molecule has 0 aromatic rings. The van der Waals surface area contributed by atoms with Crippen molar-refractivity contribution in [3.05, 3.63) is 0 Å². The van der Waals surface area contributed by atoms with Crippen molar-refractivity contribution < 1.29 is 10.0 Å². The number of nitrogens with two attached hydrogens (primary N) is 1. The molecule has 1 unspecified atom stereocenters. The number of hydrazine groups is 1. The van der Waals surface area contributed by atoms with Gasteiger partial charge in [0.15, 0.2) is 5.84 Å². The number of nitrogens with one attached hydrogen (secondary N) is 1. The van der Waals surface area contributed by atoms with E-state index in [2.05, 4.69) is 10.6 Å². The van der Waals surface area contributed by atoms with Gasteiger partial charge in [0.25, 0.3) is 0 Å². The Labute approximate surface area is 83.7 Å². The number of nitrogens with zero attached hydrogens (tertiary/aromatic N) is 2. The smallest absolute Gasteiger partial charge is 0.247 e. The van der Waals surface area contributed by atoms with Gasteiger partial charge in [-0.1, -0.05) is 12.1 Å². The molecule has 0 saturated carbocycles. The Kier molecular flexibility index (Phi) is 4.36. The molecule has 4 N–H and O–H groups in total. The molecule has 0 aromatic heterocycles. The number of hydrogen-bond donors (Lipinski definition) is 3. The Bertz CT molecular complexity index is 239. The highest BCUT2D eigenvalue weighted by Crippen LogP contribution is 2.21. The molecule has 0 aliphatic heterocycles. The maximum atomic E-state index is 11.7. The Balaban J connectivity index is 4.77. The van der Waals surface area contributed by atoms with E-state index in [4.69, 9.17) is 10.9 Å². The van der Waals surface area contributed by atoms with Crippen LogP contribution in [0.15, 0.2) is 5.16 Å². The van der Waals surface area contributed by atoms with E-state index < -0.39 is 5.41 Å². The van der Waals surface area contributed by atoms with E-state index in [-0.39, 0.29) is 11.7 Å². The van der Waals surface area contributed by atoms with E-state index in [1.54, 1.807) is 27.9 Å². The molecule has 6 nitrogen and oxygen atoms in total. The summed E-state index contributed by atoms with van der Waals surface area (Å²) < 4.78 is 0. The van der Waals surface area contributed by atoms with Gasteiger partial charge < -0.3 is 10.9 Å². The molecule has 1 amide bonds. The highest BCUT2D eigenvalue weighted by Gasteiger charge is 2.36. The zero-order valence-corrected chi connectivity index (χ0v) is 9.03. The first-order valence-electron chi connectivity index (χ1n) is 4.35. The van der Waals surface area contributed by atoms with Crippen LogP contribution in [0.2, 0.25) is 0 Å². The molecular formula is C8H18N4O2. The van der Waals surface area contributed by atoms with Crippen molar-refractivity contribution >= 4 is 11.7 Å². The molecule has 0 radical (unpaired) electrons. The van der Waals surface area contributed by atoms with Gasteiger partial charge in [0, 0.05) is 14.1 Å². The van der Waals surface area contributed by atoms with Crippen molar-refractivity contribution in [3.63, 3.8) is 0 Å². The Hall–Kier alpha value is -1.30. The summed E-state index contributed by atoms with van der Waals surface area (Å²) in [5.41, 5.74) is 7.06. The first-order valence-corrected chi connectivity index (χ1v) is 4.35. The largest absolute Gasteiger partial charge is 0.409 e. The van der Waals surface area contributed by atoms with Crippen molar-refractivity contribution in [2.45, 2.75) is 20.3 Å². The van der Waals surface area contributed by atoms with Crippen LogP contribution in [0, 0.1) is 5.41 Å². The van der Waals surface area contributed by atoms with Gasteiger partial charge in [-0.3, -0.25) is 10.2 Å². The number of amidine groups is 1. The van der Waals surface area contributed by atoms with E-state index in [0.717, 1.165) is 0 Å². The van der Waals surface area contributed by atoms with Gasteiger partial charge in [0.2, 0.25) is 5.91 Å². The summed E-state index contributed by atoms with van der Waals surface area (Å²) in [7, 11) is 3.39. The van der Waals surface area contributed by atoms with E-state index >= 15 is 0 Å². The average Bonchev–Trinajstić information content (AvgIpc) is 2.14. The predicted molar refractivity (Wildman–Crippen MR) is 53.6 cm³/mol. The van der Waals surface area contributed by atoms with Crippen LogP contribution in [0.25, 0.3) is 0 Å². The van der Waals surface area contributed by atoms with E-state index in [0.29, 0.717) is 6.42 Å². The molecule has 1 atom stereocenters. The monoisotopic (exact) mass is 202 g/mol. The van der Waals surface area contributed by atoms with Crippen molar-refractivity contribution in [1.82, 2.24) is 10.4 Å². The molecule has 14 heavy (non-hydrogen) atoms. The van der Waals surface area contributed by atoms with Crippen molar-refractivity contribution in [1.29, 1.82) is 0 Å². The fraction of sp³-hybridized carbons (Fsp3) is 0.750. The number of rotatable bonds is 4. The number of carbonyl (C=O) groups is 1. The predicted octanol–water partition coefficient (Wildman–Crippen LogP) is -0.258. The van der Waals surface area contributed by atoms with Crippen molar-refractivity contribution in [2.75, 3.05) is 14.1 Å². The summed E-state index contributed by atoms with van der Waals surface area (Å²) in [5.74, 6) is -0.375. The standard InChI is InChI=1S/C8H18N4O2/c1-5-8(2,6(9)11-14)7(13)10-12(3)4/h14H,5H2,1-4H3,(H2,9,11)(H,10,13). The number of oxime groups is 1. The summed E-state index contributed by atoms with van der Waals surface area (Å²) in [5, 5.41) is 12.9. The first kappa shape index (κ1) is 12.7. The minimum absolute atomic E-state index is 0.0839. The lowest BCUT2D eigenvalue weighted by molar-refractivity contribution is -0.131. The van der Waals surface area contributed by atoms with Gasteiger partial charge in [-0.05, 0) is 13.3 Å². The number of amides is 1. The molecule has 0 heterocycles. The molecule has 0 spiro atoms. The number of hydrogen-bond acceptors (Lipinski definition) is 4. The molecule has 0 saturated heterocycles. The number of carbonyl (C=O) groups excluding carboxylic acids is 1. The van der Waals surface area contributed by atoms with Gasteiger partial charge in [-0.2, -0.15) is 0 Å². The SMILES string of the molecule is CCC(C)(C(=O)NN(C)C)C(N)=NO. The molecule has 0 fully saturated rings. The third kappa shape index (κ3) is 2.59. The van der Waals surface area contributed by atoms with Crippen LogP contribution in [-0.2, 0) is 4.79 Å². The van der Waals surface area contributed by atoms with Crippen LogP contribution in [0.1, 0.15) is 20.3 Å². The normalized spacial score (nSPS) is 16.5. The topological polar surface area (TPSA) is 91.0 Å². The third-order valence-corrected chi connectivity index (χ3v) is 2.21. The lowest BCUT2D eigenvalue weighted by Crippen LogP contribution is -2.51. The summed E-state index contributed by atoms with van der Waals surface area (Å²) in [6, 6.07) is 0. The maximum Gasteiger partial charge on any atom is 0.247 e.